The largest absolute Gasteiger partial charge is 0.507 e. The Bertz CT molecular complexity index is 1070. The molecule has 2 aliphatic heterocycles. The Morgan fingerprint density at radius 2 is 1.41 bits per heavy atom. The van der Waals surface area contributed by atoms with Crippen molar-refractivity contribution in [2.75, 3.05) is 41.4 Å². The van der Waals surface area contributed by atoms with Crippen LogP contribution in [0.3, 0.4) is 0 Å². The predicted molar refractivity (Wildman–Crippen MR) is 129 cm³/mol. The summed E-state index contributed by atoms with van der Waals surface area (Å²) in [4.78, 5) is 18.6. The number of benzene rings is 2. The van der Waals surface area contributed by atoms with Crippen LogP contribution >= 0.6 is 0 Å². The van der Waals surface area contributed by atoms with E-state index in [1.54, 1.807) is 12.3 Å². The van der Waals surface area contributed by atoms with Crippen LogP contribution < -0.4 is 15.2 Å². The zero-order chi connectivity index (χ0) is 21.8. The summed E-state index contributed by atoms with van der Waals surface area (Å²) in [6, 6.07) is 11.5. The van der Waals surface area contributed by atoms with E-state index in [1.807, 2.05) is 30.3 Å². The normalized spacial score (nSPS) is 17.2. The summed E-state index contributed by atoms with van der Waals surface area (Å²) < 4.78 is 0. The summed E-state index contributed by atoms with van der Waals surface area (Å²) in [5.74, 6) is 2.04. The van der Waals surface area contributed by atoms with E-state index in [4.69, 9.17) is 4.98 Å². The molecular formula is C24H29N7O. The highest BCUT2D eigenvalue weighted by molar-refractivity contribution is 6.02. The molecule has 0 bridgehead atoms. The summed E-state index contributed by atoms with van der Waals surface area (Å²) in [5, 5.41) is 16.7. The molecule has 2 N–H and O–H groups in total. The first-order valence-corrected chi connectivity index (χ1v) is 11.5. The second kappa shape index (κ2) is 9.38. The van der Waals surface area contributed by atoms with E-state index in [0.717, 1.165) is 62.6 Å². The molecule has 0 aliphatic carbocycles. The van der Waals surface area contributed by atoms with Crippen molar-refractivity contribution < 1.29 is 5.11 Å². The van der Waals surface area contributed by atoms with Gasteiger partial charge in [-0.15, -0.1) is 0 Å². The number of phenols is 1. The van der Waals surface area contributed by atoms with Gasteiger partial charge in [-0.1, -0.05) is 30.3 Å². The monoisotopic (exact) mass is 431 g/mol. The smallest absolute Gasteiger partial charge is 0.250 e. The van der Waals surface area contributed by atoms with Crippen LogP contribution in [0.1, 0.15) is 44.1 Å². The molecule has 1 aromatic heterocycles. The highest BCUT2D eigenvalue weighted by Gasteiger charge is 2.20. The number of nitrogens with one attached hydrogen (secondary N) is 1. The molecular weight excluding hydrogens is 402 g/mol. The molecule has 8 heteroatoms. The third kappa shape index (κ3) is 4.44. The first kappa shape index (κ1) is 20.5. The Balaban J connectivity index is 1.43. The Hall–Kier alpha value is -3.42. The number of nitrogens with zero attached hydrogens (tertiary/aromatic N) is 6. The second-order valence-corrected chi connectivity index (χ2v) is 8.44. The Kier molecular flexibility index (Phi) is 6.00. The van der Waals surface area contributed by atoms with Crippen LogP contribution in [0.5, 0.6) is 5.75 Å². The molecule has 0 amide bonds. The van der Waals surface area contributed by atoms with Gasteiger partial charge in [0, 0.05) is 31.7 Å². The SMILES string of the molecule is Oc1ccc2ccccc2c1/C=N/Nc1nc(N2CCCCC2)nc(N2CCCCC2)n1. The maximum atomic E-state index is 10.4. The first-order valence-electron chi connectivity index (χ1n) is 11.5. The van der Waals surface area contributed by atoms with Crippen LogP contribution in [0.25, 0.3) is 10.8 Å². The van der Waals surface area contributed by atoms with Crippen molar-refractivity contribution in [1.82, 2.24) is 15.0 Å². The van der Waals surface area contributed by atoms with E-state index in [0.29, 0.717) is 23.4 Å². The molecule has 3 heterocycles. The van der Waals surface area contributed by atoms with Gasteiger partial charge < -0.3 is 14.9 Å². The molecule has 8 nitrogen and oxygen atoms in total. The fourth-order valence-corrected chi connectivity index (χ4v) is 4.45. The van der Waals surface area contributed by atoms with Gasteiger partial charge in [0.25, 0.3) is 0 Å². The van der Waals surface area contributed by atoms with Gasteiger partial charge in [-0.25, -0.2) is 5.43 Å². The number of hydrogen-bond donors (Lipinski definition) is 2. The molecule has 3 aromatic rings. The van der Waals surface area contributed by atoms with Crippen molar-refractivity contribution >= 4 is 34.8 Å². The highest BCUT2D eigenvalue weighted by Crippen LogP contribution is 2.26. The van der Waals surface area contributed by atoms with Gasteiger partial charge in [-0.05, 0) is 55.4 Å². The minimum Gasteiger partial charge on any atom is -0.507 e. The van der Waals surface area contributed by atoms with Crippen LogP contribution in [0.4, 0.5) is 17.8 Å². The number of rotatable bonds is 5. The third-order valence-corrected chi connectivity index (χ3v) is 6.20. The Morgan fingerprint density at radius 3 is 2.06 bits per heavy atom. The lowest BCUT2D eigenvalue weighted by atomic mass is 10.0. The van der Waals surface area contributed by atoms with Gasteiger partial charge in [0.2, 0.25) is 17.8 Å². The summed E-state index contributed by atoms with van der Waals surface area (Å²) in [6.07, 6.45) is 8.77. The number of aromatic nitrogens is 3. The Labute approximate surface area is 188 Å². The lowest BCUT2D eigenvalue weighted by Gasteiger charge is -2.30. The maximum Gasteiger partial charge on any atom is 0.250 e. The van der Waals surface area contributed by atoms with E-state index in [9.17, 15) is 5.11 Å². The average molecular weight is 432 g/mol. The minimum absolute atomic E-state index is 0.188. The number of hydrogen-bond acceptors (Lipinski definition) is 8. The van der Waals surface area contributed by atoms with Crippen molar-refractivity contribution in [2.24, 2.45) is 5.10 Å². The number of aromatic hydroxyl groups is 1. The van der Waals surface area contributed by atoms with Crippen molar-refractivity contribution in [1.29, 1.82) is 0 Å². The van der Waals surface area contributed by atoms with E-state index < -0.39 is 0 Å². The topological polar surface area (TPSA) is 89.8 Å². The molecule has 2 aliphatic rings. The van der Waals surface area contributed by atoms with Crippen molar-refractivity contribution in [3.05, 3.63) is 42.0 Å². The predicted octanol–water partition coefficient (Wildman–Crippen LogP) is 4.16. The van der Waals surface area contributed by atoms with E-state index in [2.05, 4.69) is 30.3 Å². The molecule has 0 spiro atoms. The van der Waals surface area contributed by atoms with Gasteiger partial charge in [-0.2, -0.15) is 20.1 Å². The maximum absolute atomic E-state index is 10.4. The van der Waals surface area contributed by atoms with E-state index >= 15 is 0 Å². The molecule has 166 valence electrons. The molecule has 32 heavy (non-hydrogen) atoms. The van der Waals surface area contributed by atoms with Crippen LogP contribution in [0.15, 0.2) is 41.5 Å². The number of hydrazone groups is 1. The third-order valence-electron chi connectivity index (χ3n) is 6.20. The van der Waals surface area contributed by atoms with Crippen LogP contribution in [-0.2, 0) is 0 Å². The van der Waals surface area contributed by atoms with Gasteiger partial charge in [-0.3, -0.25) is 0 Å². The standard InChI is InChI=1S/C24H29N7O/c32-21-12-11-18-9-3-4-10-19(18)20(21)17-25-29-22-26-23(30-13-5-1-6-14-30)28-24(27-22)31-15-7-2-8-16-31/h3-4,9-12,17,32H,1-2,5-8,13-16H2,(H,26,27,28,29)/b25-17+. The van der Waals surface area contributed by atoms with Crippen molar-refractivity contribution in [3.8, 4) is 5.75 Å². The second-order valence-electron chi connectivity index (χ2n) is 8.44. The number of phenolic OH excluding ortho intramolecular Hbond substituents is 1. The van der Waals surface area contributed by atoms with E-state index in [1.165, 1.54) is 12.8 Å². The lowest BCUT2D eigenvalue weighted by Crippen LogP contribution is -2.34. The summed E-state index contributed by atoms with van der Waals surface area (Å²) in [5.41, 5.74) is 3.65. The first-order chi connectivity index (χ1) is 15.8. The number of fused-ring (bicyclic) bond motifs is 1. The molecule has 0 unspecified atom stereocenters. The van der Waals surface area contributed by atoms with Crippen molar-refractivity contribution in [3.63, 3.8) is 0 Å². The highest BCUT2D eigenvalue weighted by atomic mass is 16.3. The van der Waals surface area contributed by atoms with Gasteiger partial charge in [0.15, 0.2) is 0 Å². The summed E-state index contributed by atoms with van der Waals surface area (Å²) >= 11 is 0. The molecule has 0 radical (unpaired) electrons. The lowest BCUT2D eigenvalue weighted by molar-refractivity contribution is 0.475. The Morgan fingerprint density at radius 1 is 0.781 bits per heavy atom. The average Bonchev–Trinajstić information content (AvgIpc) is 2.86. The molecule has 0 atom stereocenters. The van der Waals surface area contributed by atoms with Gasteiger partial charge >= 0.3 is 0 Å². The number of anilines is 3. The van der Waals surface area contributed by atoms with Crippen molar-refractivity contribution in [2.45, 2.75) is 38.5 Å². The fraction of sp³-hybridized carbons (Fsp3) is 0.417. The van der Waals surface area contributed by atoms with Gasteiger partial charge in [0.1, 0.15) is 5.75 Å². The summed E-state index contributed by atoms with van der Waals surface area (Å²) in [7, 11) is 0. The zero-order valence-electron chi connectivity index (χ0n) is 18.2. The molecule has 2 saturated heterocycles. The van der Waals surface area contributed by atoms with Crippen LogP contribution in [0, 0.1) is 0 Å². The van der Waals surface area contributed by atoms with Crippen LogP contribution in [0.2, 0.25) is 0 Å². The molecule has 2 aromatic carbocycles. The zero-order valence-corrected chi connectivity index (χ0v) is 18.2. The molecule has 2 fully saturated rings. The molecule has 5 rings (SSSR count). The summed E-state index contributed by atoms with van der Waals surface area (Å²) in [6.45, 7) is 3.87. The molecule has 0 saturated carbocycles. The minimum atomic E-state index is 0.188. The van der Waals surface area contributed by atoms with E-state index in [-0.39, 0.29) is 5.75 Å². The van der Waals surface area contributed by atoms with Crippen LogP contribution in [-0.4, -0.2) is 52.5 Å². The quantitative estimate of drug-likeness (QED) is 0.463. The van der Waals surface area contributed by atoms with Gasteiger partial charge in [0.05, 0.1) is 6.21 Å². The fourth-order valence-electron chi connectivity index (χ4n) is 4.45. The number of piperidine rings is 2.